The van der Waals surface area contributed by atoms with E-state index in [2.05, 4.69) is 25.8 Å². The average molecular weight is 502 g/mol. The molecule has 192 valence electrons. The van der Waals surface area contributed by atoms with E-state index in [0.717, 1.165) is 11.1 Å². The Hall–Kier alpha value is -4.07. The second-order valence-corrected chi connectivity index (χ2v) is 10.4. The minimum atomic E-state index is -0.758. The van der Waals surface area contributed by atoms with E-state index in [0.29, 0.717) is 49.8 Å². The zero-order valence-corrected chi connectivity index (χ0v) is 21.3. The van der Waals surface area contributed by atoms with Crippen molar-refractivity contribution in [2.45, 2.75) is 45.2 Å². The fraction of sp³-hybridized carbons (Fsp3) is 0.345. The molecule has 0 aliphatic carbocycles. The Bertz CT molecular complexity index is 1340. The molecule has 1 unspecified atom stereocenters. The van der Waals surface area contributed by atoms with Crippen molar-refractivity contribution >= 4 is 17.4 Å². The minimum Gasteiger partial charge on any atom is -0.872 e. The number of aromatic amines is 1. The van der Waals surface area contributed by atoms with Crippen molar-refractivity contribution in [3.63, 3.8) is 0 Å². The van der Waals surface area contributed by atoms with Crippen molar-refractivity contribution in [1.29, 1.82) is 0 Å². The van der Waals surface area contributed by atoms with Crippen LogP contribution in [0.5, 0.6) is 11.5 Å². The van der Waals surface area contributed by atoms with Crippen molar-refractivity contribution in [3.8, 4) is 11.5 Å². The number of carbonyl (C=O) groups is 2. The highest BCUT2D eigenvalue weighted by atomic mass is 16.6. The number of carbonyl (C=O) groups excluding carboxylic acids is 2. The van der Waals surface area contributed by atoms with Gasteiger partial charge in [0, 0.05) is 18.5 Å². The van der Waals surface area contributed by atoms with Gasteiger partial charge in [0.15, 0.2) is 11.5 Å². The number of imidazole rings is 1. The molecule has 5 rings (SSSR count). The molecular formula is C29H31N3O5. The number of ether oxygens (including phenoxy) is 2. The molecule has 1 aromatic heterocycles. The van der Waals surface area contributed by atoms with Gasteiger partial charge in [0.05, 0.1) is 12.6 Å². The lowest BCUT2D eigenvalue weighted by Gasteiger charge is -2.28. The average Bonchev–Trinajstić information content (AvgIpc) is 3.50. The maximum atomic E-state index is 13.8. The molecule has 3 heterocycles. The molecule has 8 heteroatoms. The predicted molar refractivity (Wildman–Crippen MR) is 135 cm³/mol. The van der Waals surface area contributed by atoms with Crippen molar-refractivity contribution in [2.24, 2.45) is 0 Å². The molecule has 1 N–H and O–H groups in total. The first kappa shape index (κ1) is 24.6. The summed E-state index contributed by atoms with van der Waals surface area (Å²) in [5.41, 5.74) is 2.08. The van der Waals surface area contributed by atoms with Crippen LogP contribution in [0.1, 0.15) is 49.9 Å². The summed E-state index contributed by atoms with van der Waals surface area (Å²) < 4.78 is 13.2. The summed E-state index contributed by atoms with van der Waals surface area (Å²) in [6.07, 6.45) is 6.19. The molecule has 3 aromatic rings. The molecule has 0 radical (unpaired) electrons. The highest BCUT2D eigenvalue weighted by molar-refractivity contribution is 6.46. The summed E-state index contributed by atoms with van der Waals surface area (Å²) >= 11 is 0. The molecule has 0 spiro atoms. The van der Waals surface area contributed by atoms with Gasteiger partial charge in [0.2, 0.25) is 12.1 Å². The first-order chi connectivity index (χ1) is 17.7. The van der Waals surface area contributed by atoms with Gasteiger partial charge in [0.25, 0.3) is 5.91 Å². The number of hydrogen-bond acceptors (Lipinski definition) is 5. The van der Waals surface area contributed by atoms with Gasteiger partial charge in [-0.05, 0) is 34.2 Å². The lowest BCUT2D eigenvalue weighted by atomic mass is 9.85. The Morgan fingerprint density at radius 2 is 1.81 bits per heavy atom. The molecule has 1 saturated heterocycles. The van der Waals surface area contributed by atoms with Gasteiger partial charge < -0.3 is 19.5 Å². The zero-order valence-electron chi connectivity index (χ0n) is 21.3. The fourth-order valence-corrected chi connectivity index (χ4v) is 4.84. The van der Waals surface area contributed by atoms with Gasteiger partial charge >= 0.3 is 0 Å². The number of hydrogen-bond donors (Lipinski definition) is 1. The quantitative estimate of drug-likeness (QED) is 0.242. The van der Waals surface area contributed by atoms with Crippen LogP contribution < -0.4 is 19.1 Å². The van der Waals surface area contributed by atoms with Crippen molar-refractivity contribution in [1.82, 2.24) is 9.88 Å². The van der Waals surface area contributed by atoms with Crippen LogP contribution in [0.3, 0.4) is 0 Å². The summed E-state index contributed by atoms with van der Waals surface area (Å²) in [4.78, 5) is 31.1. The van der Waals surface area contributed by atoms with E-state index in [1.165, 1.54) is 4.90 Å². The molecule has 0 bridgehead atoms. The number of nitrogens with zero attached hydrogens (tertiary/aromatic N) is 2. The first-order valence-electron chi connectivity index (χ1n) is 12.5. The van der Waals surface area contributed by atoms with E-state index in [4.69, 9.17) is 9.47 Å². The number of Topliss-reactive ketones (excluding diaryl/α,β-unsaturated/α-hetero) is 1. The van der Waals surface area contributed by atoms with E-state index in [9.17, 15) is 14.7 Å². The van der Waals surface area contributed by atoms with E-state index < -0.39 is 23.5 Å². The number of fused-ring (bicyclic) bond motifs is 1. The van der Waals surface area contributed by atoms with Crippen molar-refractivity contribution in [2.75, 3.05) is 19.8 Å². The number of aromatic nitrogens is 2. The van der Waals surface area contributed by atoms with Gasteiger partial charge in [-0.2, -0.15) is 0 Å². The largest absolute Gasteiger partial charge is 0.872 e. The predicted octanol–water partition coefficient (Wildman–Crippen LogP) is 2.69. The standard InChI is InChI=1S/C29H31N3O5/c1-29(2,3)21-8-5-19(6-9-21)25-24(26(33)20-7-10-22-23(17-20)37-16-15-36-22)27(34)28(35)32(25)13-4-12-31-14-11-30-18-31/h5-11,14,17-18,25H,4,12-13,15-16H2,1-3H3,(H,33,34). The number of nitrogens with one attached hydrogen (secondary N) is 1. The lowest BCUT2D eigenvalue weighted by molar-refractivity contribution is -0.695. The third-order valence-electron chi connectivity index (χ3n) is 6.84. The van der Waals surface area contributed by atoms with Crippen LogP contribution in [0, 0.1) is 0 Å². The Kier molecular flexibility index (Phi) is 6.50. The van der Waals surface area contributed by atoms with Gasteiger partial charge in [-0.25, -0.2) is 4.57 Å². The molecule has 2 aliphatic heterocycles. The smallest absolute Gasteiger partial charge is 0.295 e. The van der Waals surface area contributed by atoms with Crippen molar-refractivity contribution in [3.05, 3.63) is 83.4 Å². The van der Waals surface area contributed by atoms with Gasteiger partial charge in [-0.3, -0.25) is 14.6 Å². The van der Waals surface area contributed by atoms with Gasteiger partial charge in [0.1, 0.15) is 25.6 Å². The Balaban J connectivity index is 1.54. The summed E-state index contributed by atoms with van der Waals surface area (Å²) in [5, 5.41) is 13.8. The molecule has 37 heavy (non-hydrogen) atoms. The summed E-state index contributed by atoms with van der Waals surface area (Å²) in [5.74, 6) is -0.854. The van der Waals surface area contributed by atoms with Crippen molar-refractivity contribution < 1.29 is 28.7 Å². The normalized spacial score (nSPS) is 18.9. The molecule has 1 fully saturated rings. The van der Waals surface area contributed by atoms with Crippen LogP contribution in [0.4, 0.5) is 0 Å². The first-order valence-corrected chi connectivity index (χ1v) is 12.5. The van der Waals surface area contributed by atoms with Crippen LogP contribution in [-0.4, -0.2) is 41.3 Å². The third-order valence-corrected chi connectivity index (χ3v) is 6.84. The van der Waals surface area contributed by atoms with E-state index in [-0.39, 0.29) is 11.0 Å². The fourth-order valence-electron chi connectivity index (χ4n) is 4.84. The van der Waals surface area contributed by atoms with E-state index >= 15 is 0 Å². The SMILES string of the molecule is CC(C)(C)c1ccc(C2C(=C([O-])c3ccc4c(c3)OCCO4)C(=O)C(=O)N2CCC[n+]2cc[nH]c2)cc1. The third kappa shape index (κ3) is 4.83. The zero-order chi connectivity index (χ0) is 26.2. The van der Waals surface area contributed by atoms with E-state index in [1.54, 1.807) is 18.2 Å². The molecule has 2 aromatic carbocycles. The molecule has 8 nitrogen and oxygen atoms in total. The topological polar surface area (TPSA) is 98.6 Å². The summed E-state index contributed by atoms with van der Waals surface area (Å²) in [6.45, 7) is 8.20. The minimum absolute atomic E-state index is 0.0283. The summed E-state index contributed by atoms with van der Waals surface area (Å²) in [6, 6.07) is 12.0. The van der Waals surface area contributed by atoms with E-state index in [1.807, 2.05) is 47.6 Å². The molecule has 1 amide bonds. The molecule has 2 aliphatic rings. The number of benzene rings is 2. The second kappa shape index (κ2) is 9.76. The maximum Gasteiger partial charge on any atom is 0.295 e. The number of amides is 1. The van der Waals surface area contributed by atoms with Gasteiger partial charge in [-0.1, -0.05) is 56.9 Å². The number of rotatable bonds is 6. The second-order valence-electron chi connectivity index (χ2n) is 10.4. The number of H-pyrrole nitrogens is 1. The Labute approximate surface area is 216 Å². The number of likely N-dealkylation sites (tertiary alicyclic amines) is 1. The monoisotopic (exact) mass is 501 g/mol. The van der Waals surface area contributed by atoms with Crippen LogP contribution in [0.2, 0.25) is 0 Å². The highest BCUT2D eigenvalue weighted by Crippen LogP contribution is 2.40. The Morgan fingerprint density at radius 3 is 2.49 bits per heavy atom. The van der Waals surface area contributed by atoms with Crippen LogP contribution in [-0.2, 0) is 21.5 Å². The number of ketones is 1. The molecule has 0 saturated carbocycles. The maximum absolute atomic E-state index is 13.8. The van der Waals surface area contributed by atoms with Gasteiger partial charge in [-0.15, -0.1) is 0 Å². The summed E-state index contributed by atoms with van der Waals surface area (Å²) in [7, 11) is 0. The van der Waals surface area contributed by atoms with Crippen LogP contribution in [0.25, 0.3) is 5.76 Å². The highest BCUT2D eigenvalue weighted by Gasteiger charge is 2.44. The lowest BCUT2D eigenvalue weighted by Crippen LogP contribution is -2.36. The molecular weight excluding hydrogens is 470 g/mol. The Morgan fingerprint density at radius 1 is 1.08 bits per heavy atom. The molecule has 1 atom stereocenters. The van der Waals surface area contributed by atoms with Crippen LogP contribution in [0.15, 0.2) is 66.8 Å². The van der Waals surface area contributed by atoms with Crippen LogP contribution >= 0.6 is 0 Å². The number of aryl methyl sites for hydroxylation is 1.